The van der Waals surface area contributed by atoms with E-state index in [1.807, 2.05) is 0 Å². The Hall–Kier alpha value is -3.68. The number of rotatable bonds is 8. The van der Waals surface area contributed by atoms with E-state index in [1.165, 1.54) is 20.3 Å². The Morgan fingerprint density at radius 2 is 1.59 bits per heavy atom. The number of hydrogen-bond acceptors (Lipinski definition) is 6. The highest BCUT2D eigenvalue weighted by atomic mass is 19.1. The van der Waals surface area contributed by atoms with Crippen molar-refractivity contribution in [2.45, 2.75) is 6.42 Å². The van der Waals surface area contributed by atoms with E-state index in [1.54, 1.807) is 48.5 Å². The fraction of sp³-hybridized carbons (Fsp3) is 0.190. The van der Waals surface area contributed by atoms with Crippen LogP contribution >= 0.6 is 0 Å². The third-order valence-electron chi connectivity index (χ3n) is 4.22. The number of aromatic nitrogens is 2. The van der Waals surface area contributed by atoms with Gasteiger partial charge >= 0.3 is 0 Å². The number of halogens is 1. The van der Waals surface area contributed by atoms with Crippen molar-refractivity contribution in [1.29, 1.82) is 0 Å². The van der Waals surface area contributed by atoms with Crippen LogP contribution in [0.2, 0.25) is 0 Å². The van der Waals surface area contributed by atoms with E-state index in [0.717, 1.165) is 0 Å². The zero-order valence-electron chi connectivity index (χ0n) is 16.1. The molecule has 0 unspecified atom stereocenters. The second-order valence-corrected chi connectivity index (χ2v) is 6.06. The van der Waals surface area contributed by atoms with Gasteiger partial charge in [-0.2, -0.15) is 0 Å². The molecule has 0 saturated heterocycles. The number of carbonyl (C=O) groups excluding carboxylic acids is 1. The lowest BCUT2D eigenvalue weighted by molar-refractivity contribution is 0.102. The lowest BCUT2D eigenvalue weighted by Crippen LogP contribution is -2.16. The normalized spacial score (nSPS) is 10.3. The number of methoxy groups -OCH3 is 2. The van der Waals surface area contributed by atoms with Crippen molar-refractivity contribution in [2.24, 2.45) is 0 Å². The van der Waals surface area contributed by atoms with E-state index in [0.29, 0.717) is 35.8 Å². The predicted molar refractivity (Wildman–Crippen MR) is 108 cm³/mol. The molecule has 0 saturated carbocycles. The molecule has 0 atom stereocenters. The number of carbonyl (C=O) groups is 1. The predicted octanol–water partition coefficient (Wildman–Crippen LogP) is 3.54. The van der Waals surface area contributed by atoms with Gasteiger partial charge in [0, 0.05) is 6.54 Å². The summed E-state index contributed by atoms with van der Waals surface area (Å²) in [4.78, 5) is 12.6. The van der Waals surface area contributed by atoms with Crippen molar-refractivity contribution in [1.82, 2.24) is 10.2 Å². The van der Waals surface area contributed by atoms with Crippen molar-refractivity contribution in [3.8, 4) is 11.5 Å². The summed E-state index contributed by atoms with van der Waals surface area (Å²) in [6.45, 7) is 0.500. The van der Waals surface area contributed by atoms with E-state index >= 15 is 0 Å². The van der Waals surface area contributed by atoms with Gasteiger partial charge in [-0.25, -0.2) is 4.39 Å². The Bertz CT molecular complexity index is 958. The zero-order valence-corrected chi connectivity index (χ0v) is 16.1. The standard InChI is InChI=1S/C21H21FN4O3/c1-28-16-8-5-9-17(29-2)20(16)21(27)24-19-11-10-18(25-26-19)23-13-12-14-6-3-4-7-15(14)22/h3-11H,12-13H2,1-2H3,(H,23,25)(H,24,26,27). The first kappa shape index (κ1) is 20.1. The Morgan fingerprint density at radius 3 is 2.21 bits per heavy atom. The van der Waals surface area contributed by atoms with Gasteiger partial charge in [0.05, 0.1) is 14.2 Å². The van der Waals surface area contributed by atoms with Crippen LogP contribution in [-0.4, -0.2) is 36.9 Å². The molecule has 29 heavy (non-hydrogen) atoms. The fourth-order valence-electron chi connectivity index (χ4n) is 2.77. The Morgan fingerprint density at radius 1 is 0.931 bits per heavy atom. The third kappa shape index (κ3) is 4.98. The van der Waals surface area contributed by atoms with Gasteiger partial charge in [0.25, 0.3) is 5.91 Å². The molecule has 1 heterocycles. The first-order chi connectivity index (χ1) is 14.1. The van der Waals surface area contributed by atoms with Crippen LogP contribution in [0.15, 0.2) is 54.6 Å². The highest BCUT2D eigenvalue weighted by Crippen LogP contribution is 2.28. The van der Waals surface area contributed by atoms with E-state index in [9.17, 15) is 9.18 Å². The van der Waals surface area contributed by atoms with Crippen molar-refractivity contribution in [3.63, 3.8) is 0 Å². The lowest BCUT2D eigenvalue weighted by Gasteiger charge is -2.12. The van der Waals surface area contributed by atoms with Crippen LogP contribution in [0.1, 0.15) is 15.9 Å². The molecule has 0 bridgehead atoms. The van der Waals surface area contributed by atoms with Gasteiger partial charge < -0.3 is 20.1 Å². The molecule has 150 valence electrons. The van der Waals surface area contributed by atoms with E-state index in [-0.39, 0.29) is 17.2 Å². The zero-order chi connectivity index (χ0) is 20.6. The first-order valence-electron chi connectivity index (χ1n) is 8.95. The number of nitrogens with one attached hydrogen (secondary N) is 2. The molecule has 0 radical (unpaired) electrons. The fourth-order valence-corrected chi connectivity index (χ4v) is 2.77. The second kappa shape index (κ2) is 9.50. The molecule has 0 aliphatic heterocycles. The minimum atomic E-state index is -0.422. The van der Waals surface area contributed by atoms with Crippen LogP contribution in [0.25, 0.3) is 0 Å². The summed E-state index contributed by atoms with van der Waals surface area (Å²) in [5.41, 5.74) is 0.897. The van der Waals surface area contributed by atoms with Gasteiger partial charge in [0.2, 0.25) is 0 Å². The molecule has 1 aromatic heterocycles. The third-order valence-corrected chi connectivity index (χ3v) is 4.22. The minimum Gasteiger partial charge on any atom is -0.496 e. The Kier molecular flexibility index (Phi) is 6.57. The average Bonchev–Trinajstić information content (AvgIpc) is 2.75. The first-order valence-corrected chi connectivity index (χ1v) is 8.95. The molecular weight excluding hydrogens is 375 g/mol. The molecule has 3 rings (SSSR count). The number of ether oxygens (including phenoxy) is 2. The summed E-state index contributed by atoms with van der Waals surface area (Å²) in [7, 11) is 2.96. The average molecular weight is 396 g/mol. The largest absolute Gasteiger partial charge is 0.496 e. The topological polar surface area (TPSA) is 85.4 Å². The number of hydrogen-bond donors (Lipinski definition) is 2. The molecule has 3 aromatic rings. The SMILES string of the molecule is COc1cccc(OC)c1C(=O)Nc1ccc(NCCc2ccccc2F)nn1. The van der Waals surface area contributed by atoms with Crippen LogP contribution in [-0.2, 0) is 6.42 Å². The summed E-state index contributed by atoms with van der Waals surface area (Å²) >= 11 is 0. The van der Waals surface area contributed by atoms with E-state index < -0.39 is 5.91 Å². The van der Waals surface area contributed by atoms with Gasteiger partial charge in [-0.05, 0) is 42.3 Å². The molecule has 7 nitrogen and oxygen atoms in total. The molecule has 2 aromatic carbocycles. The van der Waals surface area contributed by atoms with Gasteiger partial charge in [0.1, 0.15) is 28.7 Å². The molecule has 1 amide bonds. The molecule has 8 heteroatoms. The van der Waals surface area contributed by atoms with Crippen LogP contribution < -0.4 is 20.1 Å². The smallest absolute Gasteiger partial charge is 0.264 e. The Balaban J connectivity index is 1.61. The van der Waals surface area contributed by atoms with Gasteiger partial charge in [-0.1, -0.05) is 24.3 Å². The molecule has 0 fully saturated rings. The summed E-state index contributed by atoms with van der Waals surface area (Å²) < 4.78 is 24.1. The van der Waals surface area contributed by atoms with Crippen molar-refractivity contribution >= 4 is 17.5 Å². The number of benzene rings is 2. The van der Waals surface area contributed by atoms with Crippen LogP contribution in [0.4, 0.5) is 16.0 Å². The monoisotopic (exact) mass is 396 g/mol. The maximum absolute atomic E-state index is 13.6. The highest BCUT2D eigenvalue weighted by Gasteiger charge is 2.18. The number of anilines is 2. The quantitative estimate of drug-likeness (QED) is 0.606. The highest BCUT2D eigenvalue weighted by molar-refractivity contribution is 6.07. The van der Waals surface area contributed by atoms with Crippen LogP contribution in [0.5, 0.6) is 11.5 Å². The summed E-state index contributed by atoms with van der Waals surface area (Å²) in [6, 6.07) is 15.0. The lowest BCUT2D eigenvalue weighted by atomic mass is 10.1. The molecule has 0 aliphatic rings. The summed E-state index contributed by atoms with van der Waals surface area (Å²) in [6.07, 6.45) is 0.514. The summed E-state index contributed by atoms with van der Waals surface area (Å²) in [5.74, 6) is 0.929. The summed E-state index contributed by atoms with van der Waals surface area (Å²) in [5, 5.41) is 13.8. The van der Waals surface area contributed by atoms with Crippen LogP contribution in [0.3, 0.4) is 0 Å². The molecule has 2 N–H and O–H groups in total. The van der Waals surface area contributed by atoms with Crippen molar-refractivity contribution < 1.29 is 18.7 Å². The van der Waals surface area contributed by atoms with E-state index in [4.69, 9.17) is 9.47 Å². The Labute approximate surface area is 167 Å². The number of nitrogens with zero attached hydrogens (tertiary/aromatic N) is 2. The maximum Gasteiger partial charge on any atom is 0.264 e. The van der Waals surface area contributed by atoms with Crippen LogP contribution in [0, 0.1) is 5.82 Å². The second-order valence-electron chi connectivity index (χ2n) is 6.06. The molecule has 0 aliphatic carbocycles. The van der Waals surface area contributed by atoms with E-state index in [2.05, 4.69) is 20.8 Å². The maximum atomic E-state index is 13.6. The van der Waals surface area contributed by atoms with Crippen molar-refractivity contribution in [3.05, 3.63) is 71.5 Å². The van der Waals surface area contributed by atoms with Gasteiger partial charge in [-0.15, -0.1) is 10.2 Å². The molecule has 0 spiro atoms. The van der Waals surface area contributed by atoms with Gasteiger partial charge in [0.15, 0.2) is 5.82 Å². The van der Waals surface area contributed by atoms with Gasteiger partial charge in [-0.3, -0.25) is 4.79 Å². The molecular formula is C21H21FN4O3. The van der Waals surface area contributed by atoms with Crippen molar-refractivity contribution in [2.75, 3.05) is 31.4 Å². The number of amides is 1. The minimum absolute atomic E-state index is 0.231.